The van der Waals surface area contributed by atoms with Crippen LogP contribution in [0.5, 0.6) is 11.5 Å². The maximum atomic E-state index is 7.00. The van der Waals surface area contributed by atoms with E-state index in [1.807, 2.05) is 11.3 Å². The standard InChI is InChI=1S/C58H37NOS/c1-3-13-38(14-4-1)39-25-29-44(30-26-39)59(45-31-27-41(28-32-45)48-21-12-23-51-49-19-9-10-24-56(49)61-58(48)51)46-33-34-54-52(37-46)50-22-11-20-47(40-15-5-2-6-16-40)57(50)53-35-42-17-7-8-18-43(42)36-55(53)60-54/h1-37H. The van der Waals surface area contributed by atoms with Crippen LogP contribution in [0.25, 0.3) is 86.6 Å². The van der Waals surface area contributed by atoms with Crippen molar-refractivity contribution in [1.82, 2.24) is 0 Å². The number of rotatable bonds is 6. The van der Waals surface area contributed by atoms with E-state index in [9.17, 15) is 0 Å². The molecule has 0 saturated carbocycles. The highest BCUT2D eigenvalue weighted by molar-refractivity contribution is 7.26. The van der Waals surface area contributed by atoms with E-state index in [1.165, 1.54) is 64.5 Å². The molecule has 0 bridgehead atoms. The molecule has 0 fully saturated rings. The van der Waals surface area contributed by atoms with E-state index in [4.69, 9.17) is 4.74 Å². The van der Waals surface area contributed by atoms with Crippen LogP contribution < -0.4 is 9.64 Å². The Morgan fingerprint density at radius 2 is 0.885 bits per heavy atom. The van der Waals surface area contributed by atoms with Gasteiger partial charge in [-0.15, -0.1) is 11.3 Å². The van der Waals surface area contributed by atoms with Crippen molar-refractivity contribution in [3.05, 3.63) is 224 Å². The predicted molar refractivity (Wildman–Crippen MR) is 259 cm³/mol. The first-order chi connectivity index (χ1) is 30.2. The van der Waals surface area contributed by atoms with Crippen molar-refractivity contribution in [2.75, 3.05) is 4.90 Å². The molecule has 11 aromatic rings. The fraction of sp³-hybridized carbons (Fsp3) is 0. The van der Waals surface area contributed by atoms with Crippen LogP contribution in [-0.4, -0.2) is 0 Å². The smallest absolute Gasteiger partial charge is 0.135 e. The number of thiophene rings is 1. The Morgan fingerprint density at radius 3 is 1.66 bits per heavy atom. The van der Waals surface area contributed by atoms with Crippen molar-refractivity contribution in [1.29, 1.82) is 0 Å². The van der Waals surface area contributed by atoms with Crippen molar-refractivity contribution in [3.63, 3.8) is 0 Å². The van der Waals surface area contributed by atoms with Crippen LogP contribution in [0.15, 0.2) is 224 Å². The largest absolute Gasteiger partial charge is 0.456 e. The Balaban J connectivity index is 1.03. The van der Waals surface area contributed by atoms with Gasteiger partial charge in [-0.05, 0) is 110 Å². The summed E-state index contributed by atoms with van der Waals surface area (Å²) in [5, 5.41) is 4.95. The van der Waals surface area contributed by atoms with Crippen LogP contribution in [0.1, 0.15) is 0 Å². The van der Waals surface area contributed by atoms with Gasteiger partial charge in [-0.3, -0.25) is 0 Å². The zero-order valence-corrected chi connectivity index (χ0v) is 33.9. The fourth-order valence-corrected chi connectivity index (χ4v) is 10.4. The lowest BCUT2D eigenvalue weighted by Crippen LogP contribution is -2.10. The quantitative estimate of drug-likeness (QED) is 0.166. The molecule has 286 valence electrons. The highest BCUT2D eigenvalue weighted by atomic mass is 32.1. The molecule has 0 aliphatic carbocycles. The van der Waals surface area contributed by atoms with Crippen LogP contribution in [-0.2, 0) is 0 Å². The molecule has 0 spiro atoms. The van der Waals surface area contributed by atoms with Crippen LogP contribution >= 0.6 is 11.3 Å². The summed E-state index contributed by atoms with van der Waals surface area (Å²) in [5.74, 6) is 1.68. The maximum absolute atomic E-state index is 7.00. The third-order valence-corrected chi connectivity index (χ3v) is 13.3. The normalized spacial score (nSPS) is 11.7. The Morgan fingerprint density at radius 1 is 0.328 bits per heavy atom. The Kier molecular flexibility index (Phi) is 8.39. The molecule has 0 atom stereocenters. The van der Waals surface area contributed by atoms with E-state index >= 15 is 0 Å². The minimum atomic E-state index is 0.829. The second kappa shape index (κ2) is 14.5. The molecule has 12 rings (SSSR count). The molecule has 0 saturated heterocycles. The van der Waals surface area contributed by atoms with Crippen molar-refractivity contribution < 1.29 is 4.74 Å². The number of ether oxygens (including phenoxy) is 1. The summed E-state index contributed by atoms with van der Waals surface area (Å²) in [6.07, 6.45) is 0. The third kappa shape index (κ3) is 6.09. The van der Waals surface area contributed by atoms with E-state index < -0.39 is 0 Å². The van der Waals surface area contributed by atoms with Crippen molar-refractivity contribution in [2.24, 2.45) is 0 Å². The number of benzene rings is 10. The van der Waals surface area contributed by atoms with Gasteiger partial charge >= 0.3 is 0 Å². The average Bonchev–Trinajstić information content (AvgIpc) is 3.65. The van der Waals surface area contributed by atoms with Crippen LogP contribution in [0.2, 0.25) is 0 Å². The number of hydrogen-bond donors (Lipinski definition) is 0. The monoisotopic (exact) mass is 795 g/mol. The number of hydrogen-bond acceptors (Lipinski definition) is 3. The topological polar surface area (TPSA) is 12.5 Å². The first-order valence-corrected chi connectivity index (χ1v) is 21.6. The van der Waals surface area contributed by atoms with Gasteiger partial charge in [-0.2, -0.15) is 0 Å². The number of fused-ring (bicyclic) bond motifs is 9. The van der Waals surface area contributed by atoms with Crippen molar-refractivity contribution in [2.45, 2.75) is 0 Å². The molecular formula is C58H37NOS. The van der Waals surface area contributed by atoms with Gasteiger partial charge in [0.2, 0.25) is 0 Å². The minimum absolute atomic E-state index is 0.829. The zero-order chi connectivity index (χ0) is 40.3. The fourth-order valence-electron chi connectivity index (χ4n) is 9.14. The molecule has 1 aromatic heterocycles. The summed E-state index contributed by atoms with van der Waals surface area (Å²) in [7, 11) is 0. The molecule has 3 heteroatoms. The molecule has 2 heterocycles. The molecule has 0 N–H and O–H groups in total. The van der Waals surface area contributed by atoms with Gasteiger partial charge in [0.1, 0.15) is 11.5 Å². The van der Waals surface area contributed by atoms with E-state index in [1.54, 1.807) is 0 Å². The van der Waals surface area contributed by atoms with E-state index in [2.05, 4.69) is 229 Å². The second-order valence-corrected chi connectivity index (χ2v) is 16.7. The Bertz CT molecular complexity index is 3420. The first-order valence-electron chi connectivity index (χ1n) is 20.7. The highest BCUT2D eigenvalue weighted by Crippen LogP contribution is 2.53. The van der Waals surface area contributed by atoms with Gasteiger partial charge in [-0.25, -0.2) is 0 Å². The summed E-state index contributed by atoms with van der Waals surface area (Å²) in [6.45, 7) is 0. The first kappa shape index (κ1) is 35.2. The van der Waals surface area contributed by atoms with Gasteiger partial charge < -0.3 is 9.64 Å². The molecule has 0 radical (unpaired) electrons. The summed E-state index contributed by atoms with van der Waals surface area (Å²) >= 11 is 1.87. The van der Waals surface area contributed by atoms with Gasteiger partial charge in [0.25, 0.3) is 0 Å². The minimum Gasteiger partial charge on any atom is -0.456 e. The number of anilines is 3. The number of nitrogens with zero attached hydrogens (tertiary/aromatic N) is 1. The molecule has 1 aliphatic heterocycles. The highest BCUT2D eigenvalue weighted by Gasteiger charge is 2.26. The summed E-state index contributed by atoms with van der Waals surface area (Å²) in [4.78, 5) is 2.37. The van der Waals surface area contributed by atoms with Crippen LogP contribution in [0.4, 0.5) is 17.1 Å². The molecular weight excluding hydrogens is 759 g/mol. The van der Waals surface area contributed by atoms with Crippen LogP contribution in [0, 0.1) is 0 Å². The molecule has 0 unspecified atom stereocenters. The summed E-state index contributed by atoms with van der Waals surface area (Å²) < 4.78 is 9.63. The predicted octanol–water partition coefficient (Wildman–Crippen LogP) is 17.1. The Hall–Kier alpha value is -7.72. The van der Waals surface area contributed by atoms with Gasteiger partial charge in [-0.1, -0.05) is 164 Å². The SMILES string of the molecule is c1ccc(-c2ccc(N(c3ccc(-c4cccc5c4sc4ccccc45)cc3)c3ccc4c(c3)-c3cccc(-c5ccccc5)c3-c3cc5ccccc5cc3O4)cc2)cc1. The van der Waals surface area contributed by atoms with Crippen LogP contribution in [0.3, 0.4) is 0 Å². The third-order valence-electron chi connectivity index (χ3n) is 12.1. The van der Waals surface area contributed by atoms with Gasteiger partial charge in [0.15, 0.2) is 0 Å². The molecule has 61 heavy (non-hydrogen) atoms. The molecule has 1 aliphatic rings. The van der Waals surface area contributed by atoms with E-state index in [0.717, 1.165) is 50.6 Å². The van der Waals surface area contributed by atoms with Crippen molar-refractivity contribution >= 4 is 59.3 Å². The lowest BCUT2D eigenvalue weighted by Gasteiger charge is -2.27. The van der Waals surface area contributed by atoms with E-state index in [-0.39, 0.29) is 0 Å². The lowest BCUT2D eigenvalue weighted by molar-refractivity contribution is 0.488. The zero-order valence-electron chi connectivity index (χ0n) is 33.1. The van der Waals surface area contributed by atoms with Gasteiger partial charge in [0.05, 0.1) is 0 Å². The second-order valence-electron chi connectivity index (χ2n) is 15.6. The summed E-state index contributed by atoms with van der Waals surface area (Å²) in [5.41, 5.74) is 14.8. The molecule has 0 amide bonds. The Labute approximate surface area is 358 Å². The summed E-state index contributed by atoms with van der Waals surface area (Å²) in [6, 6.07) is 81.0. The molecule has 10 aromatic carbocycles. The van der Waals surface area contributed by atoms with E-state index in [0.29, 0.717) is 0 Å². The lowest BCUT2D eigenvalue weighted by atomic mass is 9.87. The van der Waals surface area contributed by atoms with Gasteiger partial charge in [0, 0.05) is 53.9 Å². The van der Waals surface area contributed by atoms with Crippen molar-refractivity contribution in [3.8, 4) is 67.1 Å². The average molecular weight is 796 g/mol. The molecule has 2 nitrogen and oxygen atoms in total. The maximum Gasteiger partial charge on any atom is 0.135 e.